The van der Waals surface area contributed by atoms with Gasteiger partial charge >= 0.3 is 5.97 Å². The van der Waals surface area contributed by atoms with E-state index in [9.17, 15) is 14.7 Å². The average Bonchev–Trinajstić information content (AvgIpc) is 2.88. The van der Waals surface area contributed by atoms with Crippen LogP contribution in [0.2, 0.25) is 0 Å². The minimum Gasteiger partial charge on any atom is -0.480 e. The molecule has 1 aromatic rings. The number of nitrogens with two attached hydrogens (primary N) is 1. The van der Waals surface area contributed by atoms with Gasteiger partial charge in [0.1, 0.15) is 16.2 Å². The summed E-state index contributed by atoms with van der Waals surface area (Å²) < 4.78 is 0. The van der Waals surface area contributed by atoms with Crippen LogP contribution in [0.4, 0.5) is 0 Å². The van der Waals surface area contributed by atoms with Gasteiger partial charge in [-0.05, 0) is 33.1 Å². The van der Waals surface area contributed by atoms with Crippen LogP contribution in [0.3, 0.4) is 0 Å². The number of aromatic nitrogens is 1. The Morgan fingerprint density at radius 3 is 2.80 bits per heavy atom. The van der Waals surface area contributed by atoms with Gasteiger partial charge in [-0.25, -0.2) is 9.78 Å². The second kappa shape index (κ2) is 5.49. The predicted octanol–water partition coefficient (Wildman–Crippen LogP) is 1.63. The molecule has 6 nitrogen and oxygen atoms in total. The number of carbonyl (C=O) groups is 2. The van der Waals surface area contributed by atoms with E-state index >= 15 is 0 Å². The number of carboxylic acids is 1. The van der Waals surface area contributed by atoms with Crippen LogP contribution in [-0.2, 0) is 4.79 Å². The molecule has 2 heterocycles. The quantitative estimate of drug-likeness (QED) is 0.884. The van der Waals surface area contributed by atoms with E-state index in [-0.39, 0.29) is 17.6 Å². The molecule has 0 spiro atoms. The molecule has 0 saturated carbocycles. The van der Waals surface area contributed by atoms with Crippen LogP contribution in [0.15, 0.2) is 5.38 Å². The fraction of sp³-hybridized carbons (Fsp3) is 0.615. The van der Waals surface area contributed by atoms with Crippen molar-refractivity contribution in [2.24, 2.45) is 5.73 Å². The minimum absolute atomic E-state index is 0.228. The summed E-state index contributed by atoms with van der Waals surface area (Å²) in [5, 5.41) is 11.8. The highest BCUT2D eigenvalue weighted by Crippen LogP contribution is 2.30. The van der Waals surface area contributed by atoms with Crippen LogP contribution < -0.4 is 5.73 Å². The van der Waals surface area contributed by atoms with Gasteiger partial charge in [0.15, 0.2) is 0 Å². The first-order chi connectivity index (χ1) is 9.36. The fourth-order valence-corrected chi connectivity index (χ4v) is 3.15. The van der Waals surface area contributed by atoms with Gasteiger partial charge in [0.25, 0.3) is 5.91 Å². The van der Waals surface area contributed by atoms with E-state index in [1.807, 2.05) is 0 Å². The smallest absolute Gasteiger partial charge is 0.329 e. The predicted molar refractivity (Wildman–Crippen MR) is 75.6 cm³/mol. The zero-order valence-corrected chi connectivity index (χ0v) is 12.4. The molecule has 1 saturated heterocycles. The average molecular weight is 297 g/mol. The summed E-state index contributed by atoms with van der Waals surface area (Å²) in [4.78, 5) is 29.7. The van der Waals surface area contributed by atoms with Crippen molar-refractivity contribution < 1.29 is 14.7 Å². The van der Waals surface area contributed by atoms with E-state index in [4.69, 9.17) is 5.73 Å². The van der Waals surface area contributed by atoms with Crippen molar-refractivity contribution in [2.45, 2.75) is 44.7 Å². The summed E-state index contributed by atoms with van der Waals surface area (Å²) >= 11 is 1.33. The highest BCUT2D eigenvalue weighted by Gasteiger charge is 2.44. The summed E-state index contributed by atoms with van der Waals surface area (Å²) in [7, 11) is 0. The summed E-state index contributed by atoms with van der Waals surface area (Å²) in [6.45, 7) is 3.85. The van der Waals surface area contributed by atoms with Gasteiger partial charge in [-0.3, -0.25) is 4.79 Å². The lowest BCUT2D eigenvalue weighted by Crippen LogP contribution is -2.57. The molecule has 0 bridgehead atoms. The molecule has 1 aromatic heterocycles. The van der Waals surface area contributed by atoms with Gasteiger partial charge < -0.3 is 15.7 Å². The van der Waals surface area contributed by atoms with Crippen molar-refractivity contribution in [3.05, 3.63) is 16.1 Å². The Labute approximate surface area is 121 Å². The summed E-state index contributed by atoms with van der Waals surface area (Å²) in [6.07, 6.45) is 2.10. The first-order valence-corrected chi connectivity index (χ1v) is 7.50. The van der Waals surface area contributed by atoms with Crippen molar-refractivity contribution in [2.75, 3.05) is 6.54 Å². The topological polar surface area (TPSA) is 96.5 Å². The molecule has 20 heavy (non-hydrogen) atoms. The largest absolute Gasteiger partial charge is 0.480 e. The number of aliphatic carboxylic acids is 1. The lowest BCUT2D eigenvalue weighted by atomic mass is 9.88. The molecule has 0 aliphatic carbocycles. The van der Waals surface area contributed by atoms with Gasteiger partial charge in [-0.2, -0.15) is 0 Å². The molecular formula is C13H19N3O3S. The number of hydrogen-bond acceptors (Lipinski definition) is 5. The highest BCUT2D eigenvalue weighted by molar-refractivity contribution is 7.09. The van der Waals surface area contributed by atoms with Crippen molar-refractivity contribution in [1.82, 2.24) is 9.88 Å². The lowest BCUT2D eigenvalue weighted by molar-refractivity contribution is -0.150. The highest BCUT2D eigenvalue weighted by atomic mass is 32.1. The summed E-state index contributed by atoms with van der Waals surface area (Å²) in [6, 6.07) is -0.228. The Kier molecular flexibility index (Phi) is 4.10. The number of likely N-dealkylation sites (tertiary alicyclic amines) is 1. The summed E-state index contributed by atoms with van der Waals surface area (Å²) in [5.41, 5.74) is 4.88. The van der Waals surface area contributed by atoms with E-state index in [0.717, 1.165) is 12.8 Å². The van der Waals surface area contributed by atoms with Gasteiger partial charge in [-0.1, -0.05) is 0 Å². The molecule has 0 aromatic carbocycles. The Bertz CT molecular complexity index is 529. The third-order valence-electron chi connectivity index (χ3n) is 3.73. The maximum absolute atomic E-state index is 12.5. The number of thiazole rings is 1. The molecular weight excluding hydrogens is 278 g/mol. The number of rotatable bonds is 3. The first-order valence-electron chi connectivity index (χ1n) is 6.62. The minimum atomic E-state index is -1.15. The molecule has 2 rings (SSSR count). The standard InChI is InChI=1S/C13H19N3O3S/c1-8(14)10-15-9(7-20-10)11(17)16-6-4-3-5-13(16,2)12(18)19/h7-8H,3-6,14H2,1-2H3,(H,18,19). The second-order valence-electron chi connectivity index (χ2n) is 5.35. The number of piperidine rings is 1. The van der Waals surface area contributed by atoms with Gasteiger partial charge in [0.2, 0.25) is 0 Å². The van der Waals surface area contributed by atoms with Crippen molar-refractivity contribution in [3.8, 4) is 0 Å². The Morgan fingerprint density at radius 2 is 2.25 bits per heavy atom. The second-order valence-corrected chi connectivity index (χ2v) is 6.24. The van der Waals surface area contributed by atoms with Crippen LogP contribution in [0.1, 0.15) is 54.6 Å². The Hall–Kier alpha value is -1.47. The molecule has 3 N–H and O–H groups in total. The number of amides is 1. The molecule has 110 valence electrons. The molecule has 1 aliphatic heterocycles. The zero-order chi connectivity index (χ0) is 14.9. The maximum Gasteiger partial charge on any atom is 0.329 e. The van der Waals surface area contributed by atoms with E-state index < -0.39 is 11.5 Å². The van der Waals surface area contributed by atoms with Gasteiger partial charge in [0.05, 0.1) is 6.04 Å². The molecule has 2 unspecified atom stereocenters. The molecule has 1 aliphatic rings. The van der Waals surface area contributed by atoms with Crippen molar-refractivity contribution in [1.29, 1.82) is 0 Å². The third kappa shape index (κ3) is 2.55. The maximum atomic E-state index is 12.5. The Balaban J connectivity index is 2.27. The zero-order valence-electron chi connectivity index (χ0n) is 11.6. The van der Waals surface area contributed by atoms with Gasteiger partial charge in [-0.15, -0.1) is 11.3 Å². The number of nitrogens with zero attached hydrogens (tertiary/aromatic N) is 2. The van der Waals surface area contributed by atoms with Crippen LogP contribution in [-0.4, -0.2) is 39.0 Å². The van der Waals surface area contributed by atoms with E-state index in [2.05, 4.69) is 4.98 Å². The molecule has 1 amide bonds. The fourth-order valence-electron chi connectivity index (χ4n) is 2.40. The monoisotopic (exact) mass is 297 g/mol. The van der Waals surface area contributed by atoms with Crippen LogP contribution in [0.5, 0.6) is 0 Å². The van der Waals surface area contributed by atoms with Crippen molar-refractivity contribution in [3.63, 3.8) is 0 Å². The van der Waals surface area contributed by atoms with Crippen molar-refractivity contribution >= 4 is 23.2 Å². The Morgan fingerprint density at radius 1 is 1.55 bits per heavy atom. The van der Waals surface area contributed by atoms with E-state index in [1.54, 1.807) is 19.2 Å². The first kappa shape index (κ1) is 14.9. The summed E-state index contributed by atoms with van der Waals surface area (Å²) in [5.74, 6) is -1.29. The third-order valence-corrected chi connectivity index (χ3v) is 4.77. The van der Waals surface area contributed by atoms with E-state index in [1.165, 1.54) is 16.2 Å². The van der Waals surface area contributed by atoms with Gasteiger partial charge in [0, 0.05) is 11.9 Å². The number of carbonyl (C=O) groups excluding carboxylic acids is 1. The normalized spacial score (nSPS) is 24.4. The van der Waals surface area contributed by atoms with Crippen LogP contribution in [0.25, 0.3) is 0 Å². The molecule has 2 atom stereocenters. The van der Waals surface area contributed by atoms with Crippen LogP contribution >= 0.6 is 11.3 Å². The molecule has 0 radical (unpaired) electrons. The number of carboxylic acid groups (broad SMARTS) is 1. The number of hydrogen-bond donors (Lipinski definition) is 2. The molecule has 7 heteroatoms. The SMILES string of the molecule is CC(N)c1nc(C(=O)N2CCCCC2(C)C(=O)O)cs1. The van der Waals surface area contributed by atoms with E-state index in [0.29, 0.717) is 18.0 Å². The van der Waals surface area contributed by atoms with Crippen LogP contribution in [0, 0.1) is 0 Å². The molecule has 1 fully saturated rings. The lowest BCUT2D eigenvalue weighted by Gasteiger charge is -2.41.